The van der Waals surface area contributed by atoms with E-state index in [9.17, 15) is 4.79 Å². The first kappa shape index (κ1) is 14.5. The van der Waals surface area contributed by atoms with E-state index in [0.717, 1.165) is 5.56 Å². The molecular formula is C16H20N2O2. The number of benzene rings is 1. The van der Waals surface area contributed by atoms with E-state index in [1.165, 1.54) is 11.6 Å². The normalized spacial score (nSPS) is 11.6. The van der Waals surface area contributed by atoms with Gasteiger partial charge in [0.15, 0.2) is 0 Å². The standard InChI is InChI=1S/C16H20N2O2/c1-16(2,3)12-7-5-11(6-8-12)13-9-15(19)18-14(17-13)10-20-4/h5-9H,10H2,1-4H3,(H,17,18,19). The summed E-state index contributed by atoms with van der Waals surface area (Å²) in [6.45, 7) is 6.81. The zero-order valence-corrected chi connectivity index (χ0v) is 12.4. The molecule has 4 heteroatoms. The molecular weight excluding hydrogens is 252 g/mol. The van der Waals surface area contributed by atoms with Gasteiger partial charge in [-0.1, -0.05) is 45.0 Å². The summed E-state index contributed by atoms with van der Waals surface area (Å²) in [5.74, 6) is 0.537. The molecule has 0 saturated carbocycles. The highest BCUT2D eigenvalue weighted by Crippen LogP contribution is 2.24. The maximum atomic E-state index is 11.6. The molecule has 1 heterocycles. The van der Waals surface area contributed by atoms with Gasteiger partial charge in [0.05, 0.1) is 5.69 Å². The average Bonchev–Trinajstić information content (AvgIpc) is 2.37. The molecule has 0 bridgehead atoms. The van der Waals surface area contributed by atoms with E-state index in [-0.39, 0.29) is 11.0 Å². The van der Waals surface area contributed by atoms with Crippen LogP contribution in [-0.4, -0.2) is 17.1 Å². The minimum Gasteiger partial charge on any atom is -0.377 e. The number of methoxy groups -OCH3 is 1. The maximum Gasteiger partial charge on any atom is 0.251 e. The zero-order valence-electron chi connectivity index (χ0n) is 12.4. The number of nitrogens with one attached hydrogen (secondary N) is 1. The molecule has 0 spiro atoms. The third kappa shape index (κ3) is 3.33. The van der Waals surface area contributed by atoms with Gasteiger partial charge in [-0.05, 0) is 11.0 Å². The molecule has 0 amide bonds. The topological polar surface area (TPSA) is 55.0 Å². The quantitative estimate of drug-likeness (QED) is 0.934. The molecule has 20 heavy (non-hydrogen) atoms. The first-order valence-corrected chi connectivity index (χ1v) is 6.60. The lowest BCUT2D eigenvalue weighted by Gasteiger charge is -2.19. The van der Waals surface area contributed by atoms with Crippen molar-refractivity contribution in [3.05, 3.63) is 52.1 Å². The minimum atomic E-state index is -0.165. The summed E-state index contributed by atoms with van der Waals surface area (Å²) in [5.41, 5.74) is 2.80. The molecule has 0 fully saturated rings. The number of nitrogens with zero attached hydrogens (tertiary/aromatic N) is 1. The van der Waals surface area contributed by atoms with Crippen molar-refractivity contribution < 1.29 is 4.74 Å². The second kappa shape index (κ2) is 5.59. The first-order valence-electron chi connectivity index (χ1n) is 6.60. The molecule has 0 saturated heterocycles. The fraction of sp³-hybridized carbons (Fsp3) is 0.375. The molecule has 0 unspecified atom stereocenters. The summed E-state index contributed by atoms with van der Waals surface area (Å²) >= 11 is 0. The summed E-state index contributed by atoms with van der Waals surface area (Å²) < 4.78 is 5.00. The monoisotopic (exact) mass is 272 g/mol. The van der Waals surface area contributed by atoms with Crippen LogP contribution in [0.4, 0.5) is 0 Å². The lowest BCUT2D eigenvalue weighted by Crippen LogP contribution is -2.12. The van der Waals surface area contributed by atoms with Crippen molar-refractivity contribution in [2.75, 3.05) is 7.11 Å². The number of H-pyrrole nitrogens is 1. The van der Waals surface area contributed by atoms with Crippen LogP contribution in [0.3, 0.4) is 0 Å². The predicted octanol–water partition coefficient (Wildman–Crippen LogP) is 2.88. The van der Waals surface area contributed by atoms with Gasteiger partial charge in [-0.3, -0.25) is 4.79 Å². The second-order valence-corrected chi connectivity index (χ2v) is 5.84. The van der Waals surface area contributed by atoms with E-state index in [2.05, 4.69) is 42.9 Å². The largest absolute Gasteiger partial charge is 0.377 e. The number of rotatable bonds is 3. The van der Waals surface area contributed by atoms with Crippen molar-refractivity contribution in [2.45, 2.75) is 32.8 Å². The van der Waals surface area contributed by atoms with Gasteiger partial charge in [0.2, 0.25) is 0 Å². The fourth-order valence-electron chi connectivity index (χ4n) is 2.00. The molecule has 2 rings (SSSR count). The summed E-state index contributed by atoms with van der Waals surface area (Å²) in [6, 6.07) is 9.66. The molecule has 0 aliphatic carbocycles. The number of ether oxygens (including phenoxy) is 1. The van der Waals surface area contributed by atoms with Gasteiger partial charge >= 0.3 is 0 Å². The van der Waals surface area contributed by atoms with E-state index >= 15 is 0 Å². The summed E-state index contributed by atoms with van der Waals surface area (Å²) in [4.78, 5) is 18.7. The van der Waals surface area contributed by atoms with Crippen LogP contribution in [0.2, 0.25) is 0 Å². The Bertz CT molecular complexity index is 637. The van der Waals surface area contributed by atoms with Crippen LogP contribution in [0.25, 0.3) is 11.3 Å². The highest BCUT2D eigenvalue weighted by molar-refractivity contribution is 5.59. The molecule has 1 N–H and O–H groups in total. The Hall–Kier alpha value is -1.94. The Kier molecular flexibility index (Phi) is 4.04. The molecule has 2 aromatic rings. The van der Waals surface area contributed by atoms with E-state index in [1.54, 1.807) is 7.11 Å². The van der Waals surface area contributed by atoms with Crippen LogP contribution in [0, 0.1) is 0 Å². The minimum absolute atomic E-state index is 0.112. The van der Waals surface area contributed by atoms with Crippen molar-refractivity contribution in [1.82, 2.24) is 9.97 Å². The Morgan fingerprint density at radius 2 is 1.85 bits per heavy atom. The van der Waals surface area contributed by atoms with Crippen LogP contribution in [0.1, 0.15) is 32.2 Å². The van der Waals surface area contributed by atoms with E-state index in [1.807, 2.05) is 12.1 Å². The third-order valence-corrected chi connectivity index (χ3v) is 3.12. The van der Waals surface area contributed by atoms with Crippen LogP contribution < -0.4 is 5.56 Å². The van der Waals surface area contributed by atoms with Crippen molar-refractivity contribution in [3.8, 4) is 11.3 Å². The Morgan fingerprint density at radius 3 is 2.40 bits per heavy atom. The fourth-order valence-corrected chi connectivity index (χ4v) is 2.00. The second-order valence-electron chi connectivity index (χ2n) is 5.84. The van der Waals surface area contributed by atoms with Crippen LogP contribution in [0.15, 0.2) is 35.1 Å². The predicted molar refractivity (Wildman–Crippen MR) is 79.7 cm³/mol. The van der Waals surface area contributed by atoms with Gasteiger partial charge in [-0.25, -0.2) is 4.98 Å². The Morgan fingerprint density at radius 1 is 1.20 bits per heavy atom. The summed E-state index contributed by atoms with van der Waals surface area (Å²) in [7, 11) is 1.57. The van der Waals surface area contributed by atoms with E-state index in [4.69, 9.17) is 4.74 Å². The molecule has 106 valence electrons. The van der Waals surface area contributed by atoms with Crippen LogP contribution in [-0.2, 0) is 16.8 Å². The van der Waals surface area contributed by atoms with Gasteiger partial charge in [0, 0.05) is 18.7 Å². The van der Waals surface area contributed by atoms with Crippen LogP contribution in [0.5, 0.6) is 0 Å². The average molecular weight is 272 g/mol. The molecule has 0 aliphatic heterocycles. The Labute approximate surface area is 118 Å². The summed E-state index contributed by atoms with van der Waals surface area (Å²) in [5, 5.41) is 0. The van der Waals surface area contributed by atoms with E-state index in [0.29, 0.717) is 18.1 Å². The highest BCUT2D eigenvalue weighted by atomic mass is 16.5. The number of hydrogen-bond donors (Lipinski definition) is 1. The van der Waals surface area contributed by atoms with Gasteiger partial charge in [0.1, 0.15) is 12.4 Å². The molecule has 0 aliphatic rings. The zero-order chi connectivity index (χ0) is 14.8. The molecule has 0 radical (unpaired) electrons. The molecule has 1 aromatic carbocycles. The van der Waals surface area contributed by atoms with Crippen molar-refractivity contribution >= 4 is 0 Å². The molecule has 4 nitrogen and oxygen atoms in total. The van der Waals surface area contributed by atoms with Gasteiger partial charge < -0.3 is 9.72 Å². The number of hydrogen-bond acceptors (Lipinski definition) is 3. The third-order valence-electron chi connectivity index (χ3n) is 3.12. The SMILES string of the molecule is COCc1nc(-c2ccc(C(C)(C)C)cc2)cc(=O)[nH]1. The Balaban J connectivity index is 2.39. The van der Waals surface area contributed by atoms with Gasteiger partial charge in [-0.2, -0.15) is 0 Å². The molecule has 0 atom stereocenters. The van der Waals surface area contributed by atoms with Crippen molar-refractivity contribution in [2.24, 2.45) is 0 Å². The smallest absolute Gasteiger partial charge is 0.251 e. The van der Waals surface area contributed by atoms with Crippen LogP contribution >= 0.6 is 0 Å². The summed E-state index contributed by atoms with van der Waals surface area (Å²) in [6.07, 6.45) is 0. The van der Waals surface area contributed by atoms with Gasteiger partial charge in [0.25, 0.3) is 5.56 Å². The first-order chi connectivity index (χ1) is 9.40. The van der Waals surface area contributed by atoms with Crippen molar-refractivity contribution in [1.29, 1.82) is 0 Å². The number of aromatic nitrogens is 2. The van der Waals surface area contributed by atoms with Crippen molar-refractivity contribution in [3.63, 3.8) is 0 Å². The highest BCUT2D eigenvalue weighted by Gasteiger charge is 2.13. The maximum absolute atomic E-state index is 11.6. The lowest BCUT2D eigenvalue weighted by molar-refractivity contribution is 0.177. The lowest BCUT2D eigenvalue weighted by atomic mass is 9.86. The van der Waals surface area contributed by atoms with Gasteiger partial charge in [-0.15, -0.1) is 0 Å². The molecule has 1 aromatic heterocycles. The van der Waals surface area contributed by atoms with E-state index < -0.39 is 0 Å². The number of aromatic amines is 1.